The van der Waals surface area contributed by atoms with Crippen LogP contribution in [-0.2, 0) is 4.79 Å². The number of amides is 1. The lowest BCUT2D eigenvalue weighted by molar-refractivity contribution is -0.117. The molecule has 1 atom stereocenters. The molecule has 0 unspecified atom stereocenters. The van der Waals surface area contributed by atoms with Gasteiger partial charge in [0.1, 0.15) is 5.82 Å². The summed E-state index contributed by atoms with van der Waals surface area (Å²) in [6.45, 7) is 1.87. The summed E-state index contributed by atoms with van der Waals surface area (Å²) in [4.78, 5) is 19.2. The number of hydrogen-bond acceptors (Lipinski definition) is 4. The largest absolute Gasteiger partial charge is 0.322 e. The Hall–Kier alpha value is -2.02. The van der Waals surface area contributed by atoms with E-state index in [1.165, 1.54) is 22.9 Å². The molecule has 1 aliphatic heterocycles. The third-order valence-corrected chi connectivity index (χ3v) is 6.17. The van der Waals surface area contributed by atoms with Crippen LogP contribution in [0.15, 0.2) is 42.5 Å². The van der Waals surface area contributed by atoms with Gasteiger partial charge in [-0.05, 0) is 49.7 Å². The molecule has 4 nitrogen and oxygen atoms in total. The highest BCUT2D eigenvalue weighted by Gasteiger charge is 2.25. The van der Waals surface area contributed by atoms with Gasteiger partial charge in [-0.3, -0.25) is 9.69 Å². The molecule has 4 rings (SSSR count). The van der Waals surface area contributed by atoms with Gasteiger partial charge in [-0.15, -0.1) is 11.3 Å². The van der Waals surface area contributed by atoms with Crippen LogP contribution in [0.25, 0.3) is 10.2 Å². The van der Waals surface area contributed by atoms with Crippen molar-refractivity contribution in [1.82, 2.24) is 9.88 Å². The van der Waals surface area contributed by atoms with Crippen LogP contribution < -0.4 is 5.32 Å². The summed E-state index contributed by atoms with van der Waals surface area (Å²) in [5.74, 6) is -0.397. The molecule has 27 heavy (non-hydrogen) atoms. The molecule has 3 aromatic rings. The fourth-order valence-corrected chi connectivity index (χ4v) is 4.72. The third kappa shape index (κ3) is 4.29. The third-order valence-electron chi connectivity index (χ3n) is 4.73. The molecule has 2 aromatic carbocycles. The maximum atomic E-state index is 13.8. The molecule has 1 fully saturated rings. The predicted molar refractivity (Wildman–Crippen MR) is 108 cm³/mol. The van der Waals surface area contributed by atoms with E-state index in [4.69, 9.17) is 16.6 Å². The number of para-hydroxylation sites is 1. The number of fused-ring (bicyclic) bond motifs is 1. The van der Waals surface area contributed by atoms with E-state index in [0.29, 0.717) is 10.9 Å². The average Bonchev–Trinajstić information content (AvgIpc) is 3.09. The van der Waals surface area contributed by atoms with Gasteiger partial charge in [0.05, 0.1) is 27.5 Å². The highest BCUT2D eigenvalue weighted by atomic mass is 35.5. The highest BCUT2D eigenvalue weighted by molar-refractivity contribution is 7.18. The fourth-order valence-electron chi connectivity index (χ4n) is 3.45. The molecule has 0 spiro atoms. The second kappa shape index (κ2) is 7.92. The SMILES string of the molecule is O=C(CN1CCC[C@@H](c2nc3ccccc3s2)C1)Nc1cc(Cl)ccc1F. The molecule has 1 N–H and O–H groups in total. The van der Waals surface area contributed by atoms with Gasteiger partial charge >= 0.3 is 0 Å². The highest BCUT2D eigenvalue weighted by Crippen LogP contribution is 2.32. The predicted octanol–water partition coefficient (Wildman–Crippen LogP) is 4.91. The number of rotatable bonds is 4. The number of nitrogens with one attached hydrogen (secondary N) is 1. The van der Waals surface area contributed by atoms with Crippen molar-refractivity contribution in [1.29, 1.82) is 0 Å². The Morgan fingerprint density at radius 1 is 1.33 bits per heavy atom. The number of nitrogens with zero attached hydrogens (tertiary/aromatic N) is 2. The molecule has 1 aromatic heterocycles. The Bertz CT molecular complexity index is 944. The normalized spacial score (nSPS) is 17.9. The van der Waals surface area contributed by atoms with E-state index in [1.807, 2.05) is 18.2 Å². The van der Waals surface area contributed by atoms with Gasteiger partial charge < -0.3 is 5.32 Å². The van der Waals surface area contributed by atoms with Gasteiger partial charge in [-0.25, -0.2) is 9.37 Å². The number of aromatic nitrogens is 1. The van der Waals surface area contributed by atoms with E-state index in [1.54, 1.807) is 11.3 Å². The summed E-state index contributed by atoms with van der Waals surface area (Å²) in [6.07, 6.45) is 2.08. The molecule has 1 aliphatic rings. The number of piperidine rings is 1. The van der Waals surface area contributed by atoms with Crippen molar-refractivity contribution < 1.29 is 9.18 Å². The van der Waals surface area contributed by atoms with Crippen molar-refractivity contribution >= 4 is 44.7 Å². The van der Waals surface area contributed by atoms with E-state index in [2.05, 4.69) is 16.3 Å². The lowest BCUT2D eigenvalue weighted by Gasteiger charge is -2.31. The van der Waals surface area contributed by atoms with Gasteiger partial charge in [0.25, 0.3) is 0 Å². The van der Waals surface area contributed by atoms with Gasteiger partial charge in [0.2, 0.25) is 5.91 Å². The number of benzene rings is 2. The minimum Gasteiger partial charge on any atom is -0.322 e. The van der Waals surface area contributed by atoms with Crippen LogP contribution in [0.5, 0.6) is 0 Å². The van der Waals surface area contributed by atoms with E-state index >= 15 is 0 Å². The Kier molecular flexibility index (Phi) is 5.38. The lowest BCUT2D eigenvalue weighted by atomic mass is 9.99. The van der Waals surface area contributed by atoms with Gasteiger partial charge in [-0.1, -0.05) is 23.7 Å². The first-order valence-electron chi connectivity index (χ1n) is 8.91. The van der Waals surface area contributed by atoms with E-state index in [-0.39, 0.29) is 18.1 Å². The number of carbonyl (C=O) groups excluding carboxylic acids is 1. The van der Waals surface area contributed by atoms with Crippen molar-refractivity contribution in [2.45, 2.75) is 18.8 Å². The number of hydrogen-bond donors (Lipinski definition) is 1. The van der Waals surface area contributed by atoms with Gasteiger partial charge in [0, 0.05) is 17.5 Å². The zero-order valence-corrected chi connectivity index (χ0v) is 16.2. The summed E-state index contributed by atoms with van der Waals surface area (Å²) in [7, 11) is 0. The quantitative estimate of drug-likeness (QED) is 0.673. The molecular weight excluding hydrogens is 385 g/mol. The molecule has 2 heterocycles. The van der Waals surface area contributed by atoms with Crippen molar-refractivity contribution in [2.75, 3.05) is 25.0 Å². The monoisotopic (exact) mass is 403 g/mol. The number of likely N-dealkylation sites (tertiary alicyclic amines) is 1. The molecule has 0 aliphatic carbocycles. The van der Waals surface area contributed by atoms with Gasteiger partial charge in [-0.2, -0.15) is 0 Å². The van der Waals surface area contributed by atoms with Crippen molar-refractivity contribution in [3.8, 4) is 0 Å². The summed E-state index contributed by atoms with van der Waals surface area (Å²) >= 11 is 7.61. The maximum absolute atomic E-state index is 13.8. The van der Waals surface area contributed by atoms with E-state index in [0.717, 1.165) is 36.5 Å². The topological polar surface area (TPSA) is 45.2 Å². The second-order valence-corrected chi connectivity index (χ2v) is 8.27. The summed E-state index contributed by atoms with van der Waals surface area (Å²) in [5, 5.41) is 4.14. The molecular formula is C20H19ClFN3OS. The summed E-state index contributed by atoms with van der Waals surface area (Å²) in [5.41, 5.74) is 1.15. The molecule has 0 saturated carbocycles. The fraction of sp³-hybridized carbons (Fsp3) is 0.300. The number of thiazole rings is 1. The first-order valence-corrected chi connectivity index (χ1v) is 10.1. The Balaban J connectivity index is 1.40. The maximum Gasteiger partial charge on any atom is 0.238 e. The zero-order chi connectivity index (χ0) is 18.8. The standard InChI is InChI=1S/C20H19ClFN3OS/c21-14-7-8-15(22)17(10-14)23-19(26)12-25-9-3-4-13(11-25)20-24-16-5-1-2-6-18(16)27-20/h1-2,5-8,10,13H,3-4,9,11-12H2,(H,23,26)/t13-/m1/s1. The van der Waals surface area contributed by atoms with Crippen LogP contribution in [-0.4, -0.2) is 35.4 Å². The van der Waals surface area contributed by atoms with Crippen molar-refractivity contribution in [3.05, 3.63) is 58.3 Å². The lowest BCUT2D eigenvalue weighted by Crippen LogP contribution is -2.39. The van der Waals surface area contributed by atoms with Crippen LogP contribution in [0.3, 0.4) is 0 Å². The molecule has 0 bridgehead atoms. The molecule has 140 valence electrons. The van der Waals surface area contributed by atoms with Crippen LogP contribution in [0, 0.1) is 5.82 Å². The van der Waals surface area contributed by atoms with Crippen LogP contribution in [0.1, 0.15) is 23.8 Å². The molecule has 1 amide bonds. The van der Waals surface area contributed by atoms with Crippen molar-refractivity contribution in [3.63, 3.8) is 0 Å². The Morgan fingerprint density at radius 2 is 2.19 bits per heavy atom. The molecule has 0 radical (unpaired) electrons. The van der Waals surface area contributed by atoms with Crippen LogP contribution in [0.2, 0.25) is 5.02 Å². The van der Waals surface area contributed by atoms with E-state index < -0.39 is 5.82 Å². The first kappa shape index (κ1) is 18.3. The Labute approximate surface area is 166 Å². The molecule has 1 saturated heterocycles. The molecule has 7 heteroatoms. The summed E-state index contributed by atoms with van der Waals surface area (Å²) < 4.78 is 15.0. The second-order valence-electron chi connectivity index (χ2n) is 6.77. The minimum atomic E-state index is -0.487. The number of halogens is 2. The first-order chi connectivity index (χ1) is 13.1. The summed E-state index contributed by atoms with van der Waals surface area (Å²) in [6, 6.07) is 12.3. The van der Waals surface area contributed by atoms with E-state index in [9.17, 15) is 9.18 Å². The number of carbonyl (C=O) groups is 1. The van der Waals surface area contributed by atoms with Crippen molar-refractivity contribution in [2.24, 2.45) is 0 Å². The average molecular weight is 404 g/mol. The zero-order valence-electron chi connectivity index (χ0n) is 14.6. The van der Waals surface area contributed by atoms with Crippen LogP contribution >= 0.6 is 22.9 Å². The Morgan fingerprint density at radius 3 is 3.04 bits per heavy atom. The van der Waals surface area contributed by atoms with Gasteiger partial charge in [0.15, 0.2) is 0 Å². The number of anilines is 1. The van der Waals surface area contributed by atoms with Crippen LogP contribution in [0.4, 0.5) is 10.1 Å². The smallest absolute Gasteiger partial charge is 0.238 e. The minimum absolute atomic E-state index is 0.118.